The normalized spacial score (nSPS) is 17.1. The van der Waals surface area contributed by atoms with Gasteiger partial charge in [0, 0.05) is 24.1 Å². The Bertz CT molecular complexity index is 1050. The zero-order chi connectivity index (χ0) is 22.5. The molecule has 0 radical (unpaired) electrons. The molecule has 4 rings (SSSR count). The second-order valence-electron chi connectivity index (χ2n) is 8.69. The molecular formula is C23H33N3O5S. The number of ether oxygens (including phenoxy) is 2. The molecule has 9 heteroatoms. The van der Waals surface area contributed by atoms with Crippen molar-refractivity contribution in [3.63, 3.8) is 0 Å². The molecule has 0 atom stereocenters. The molecule has 0 aromatic carbocycles. The molecular weight excluding hydrogens is 430 g/mol. The van der Waals surface area contributed by atoms with Crippen molar-refractivity contribution in [3.8, 4) is 0 Å². The van der Waals surface area contributed by atoms with Crippen molar-refractivity contribution >= 4 is 27.5 Å². The molecule has 1 aliphatic heterocycles. The van der Waals surface area contributed by atoms with Crippen LogP contribution in [0.25, 0.3) is 10.2 Å². The third kappa shape index (κ3) is 5.00. The largest absolute Gasteiger partial charge is 0.379 e. The minimum atomic E-state index is -0.310. The van der Waals surface area contributed by atoms with Gasteiger partial charge in [0.2, 0.25) is 5.91 Å². The monoisotopic (exact) mass is 463 g/mol. The lowest BCUT2D eigenvalue weighted by Crippen LogP contribution is -2.40. The van der Waals surface area contributed by atoms with Crippen LogP contribution in [0.1, 0.15) is 68.4 Å². The van der Waals surface area contributed by atoms with Gasteiger partial charge < -0.3 is 14.4 Å². The topological polar surface area (TPSA) is 93.6 Å². The molecule has 1 aliphatic carbocycles. The zero-order valence-corrected chi connectivity index (χ0v) is 19.6. The van der Waals surface area contributed by atoms with E-state index < -0.39 is 0 Å². The summed E-state index contributed by atoms with van der Waals surface area (Å²) in [7, 11) is 0. The number of H-pyrrole nitrogens is 1. The van der Waals surface area contributed by atoms with Gasteiger partial charge in [-0.2, -0.15) is 0 Å². The van der Waals surface area contributed by atoms with Gasteiger partial charge in [-0.15, -0.1) is 11.3 Å². The Morgan fingerprint density at radius 1 is 1.12 bits per heavy atom. The third-order valence-corrected chi connectivity index (χ3v) is 7.59. The minimum absolute atomic E-state index is 0.00952. The summed E-state index contributed by atoms with van der Waals surface area (Å²) in [6.45, 7) is 4.77. The van der Waals surface area contributed by atoms with E-state index in [0.717, 1.165) is 55.6 Å². The van der Waals surface area contributed by atoms with E-state index in [4.69, 9.17) is 9.47 Å². The molecule has 0 bridgehead atoms. The van der Waals surface area contributed by atoms with Crippen molar-refractivity contribution in [2.24, 2.45) is 0 Å². The Hall–Kier alpha value is -1.97. The first-order valence-electron chi connectivity index (χ1n) is 11.8. The lowest BCUT2D eigenvalue weighted by atomic mass is 9.95. The molecule has 32 heavy (non-hydrogen) atoms. The maximum absolute atomic E-state index is 13.3. The highest BCUT2D eigenvalue weighted by Crippen LogP contribution is 2.33. The van der Waals surface area contributed by atoms with Crippen LogP contribution in [0.15, 0.2) is 9.59 Å². The third-order valence-electron chi connectivity index (χ3n) is 6.46. The van der Waals surface area contributed by atoms with E-state index in [1.807, 2.05) is 0 Å². The Morgan fingerprint density at radius 2 is 1.91 bits per heavy atom. The van der Waals surface area contributed by atoms with Crippen molar-refractivity contribution in [2.75, 3.05) is 33.0 Å². The molecule has 176 valence electrons. The van der Waals surface area contributed by atoms with Crippen LogP contribution in [-0.2, 0) is 27.2 Å². The van der Waals surface area contributed by atoms with Crippen molar-refractivity contribution in [1.82, 2.24) is 14.5 Å². The van der Waals surface area contributed by atoms with Crippen LogP contribution in [0.3, 0.4) is 0 Å². The Labute approximate surface area is 191 Å². The predicted octanol–water partition coefficient (Wildman–Crippen LogP) is 2.97. The molecule has 1 saturated carbocycles. The van der Waals surface area contributed by atoms with Gasteiger partial charge in [0.05, 0.1) is 25.1 Å². The van der Waals surface area contributed by atoms with Gasteiger partial charge in [-0.05, 0) is 31.2 Å². The van der Waals surface area contributed by atoms with Gasteiger partial charge in [-0.3, -0.25) is 19.1 Å². The van der Waals surface area contributed by atoms with Gasteiger partial charge in [0.1, 0.15) is 11.4 Å². The Kier molecular flexibility index (Phi) is 7.80. The molecule has 1 fully saturated rings. The van der Waals surface area contributed by atoms with Gasteiger partial charge in [0.15, 0.2) is 0 Å². The predicted molar refractivity (Wildman–Crippen MR) is 124 cm³/mol. The van der Waals surface area contributed by atoms with E-state index in [1.165, 1.54) is 22.3 Å². The molecule has 0 saturated heterocycles. The molecule has 1 amide bonds. The quantitative estimate of drug-likeness (QED) is 0.577. The SMILES string of the molecule is CCCCOCCOCC(=O)N1CCc2c(sc3[nH]c(=O)n(C4CCCCC4)c(=O)c23)C1. The lowest BCUT2D eigenvalue weighted by molar-refractivity contribution is -0.137. The standard InChI is InChI=1S/C23H33N3O5S/c1-2-3-11-30-12-13-31-15-19(27)25-10-9-17-18(14-25)32-21-20(17)22(28)26(23(29)24-21)16-7-5-4-6-8-16/h16H,2-15H2,1H3,(H,24,29). The van der Waals surface area contributed by atoms with Crippen LogP contribution in [0.4, 0.5) is 0 Å². The first-order valence-corrected chi connectivity index (χ1v) is 12.6. The zero-order valence-electron chi connectivity index (χ0n) is 18.8. The fraction of sp³-hybridized carbons (Fsp3) is 0.696. The summed E-state index contributed by atoms with van der Waals surface area (Å²) in [6.07, 6.45) is 7.78. The minimum Gasteiger partial charge on any atom is -0.379 e. The van der Waals surface area contributed by atoms with Crippen LogP contribution < -0.4 is 11.2 Å². The molecule has 0 unspecified atom stereocenters. The van der Waals surface area contributed by atoms with Crippen LogP contribution in [0.2, 0.25) is 0 Å². The van der Waals surface area contributed by atoms with Crippen LogP contribution in [0.5, 0.6) is 0 Å². The summed E-state index contributed by atoms with van der Waals surface area (Å²) >= 11 is 1.42. The van der Waals surface area contributed by atoms with Gasteiger partial charge in [-0.25, -0.2) is 4.79 Å². The van der Waals surface area contributed by atoms with Gasteiger partial charge in [0.25, 0.3) is 5.56 Å². The van der Waals surface area contributed by atoms with Crippen molar-refractivity contribution in [1.29, 1.82) is 0 Å². The van der Waals surface area contributed by atoms with E-state index in [2.05, 4.69) is 11.9 Å². The number of hydrogen-bond donors (Lipinski definition) is 1. The summed E-state index contributed by atoms with van der Waals surface area (Å²) < 4.78 is 12.4. The molecule has 1 N–H and O–H groups in total. The maximum atomic E-state index is 13.3. The number of fused-ring (bicyclic) bond motifs is 3. The number of carbonyl (C=O) groups excluding carboxylic acids is 1. The smallest absolute Gasteiger partial charge is 0.329 e. The fourth-order valence-electron chi connectivity index (χ4n) is 4.69. The van der Waals surface area contributed by atoms with E-state index >= 15 is 0 Å². The lowest BCUT2D eigenvalue weighted by Gasteiger charge is -2.27. The summed E-state index contributed by atoms with van der Waals surface area (Å²) in [6, 6.07) is -0.00952. The number of unbranched alkanes of at least 4 members (excludes halogenated alkanes) is 1. The van der Waals surface area contributed by atoms with Gasteiger partial charge >= 0.3 is 5.69 Å². The first-order chi connectivity index (χ1) is 15.6. The van der Waals surface area contributed by atoms with Crippen LogP contribution in [-0.4, -0.2) is 53.3 Å². The average Bonchev–Trinajstić information content (AvgIpc) is 3.16. The molecule has 0 spiro atoms. The summed E-state index contributed by atoms with van der Waals surface area (Å²) in [5.74, 6) is -0.0604. The van der Waals surface area contributed by atoms with E-state index in [0.29, 0.717) is 42.9 Å². The number of hydrogen-bond acceptors (Lipinski definition) is 6. The molecule has 2 aliphatic rings. The second-order valence-corrected chi connectivity index (χ2v) is 9.79. The van der Waals surface area contributed by atoms with Crippen molar-refractivity contribution < 1.29 is 14.3 Å². The molecule has 2 aromatic heterocycles. The van der Waals surface area contributed by atoms with E-state index in [9.17, 15) is 14.4 Å². The average molecular weight is 464 g/mol. The molecule has 3 heterocycles. The molecule has 2 aromatic rings. The molecule has 8 nitrogen and oxygen atoms in total. The number of rotatable bonds is 9. The number of aromatic nitrogens is 2. The highest BCUT2D eigenvalue weighted by molar-refractivity contribution is 7.18. The number of carbonyl (C=O) groups is 1. The summed E-state index contributed by atoms with van der Waals surface area (Å²) in [5.41, 5.74) is 0.514. The van der Waals surface area contributed by atoms with Crippen molar-refractivity contribution in [2.45, 2.75) is 70.9 Å². The van der Waals surface area contributed by atoms with Crippen molar-refractivity contribution in [3.05, 3.63) is 31.3 Å². The Morgan fingerprint density at radius 3 is 2.69 bits per heavy atom. The second kappa shape index (κ2) is 10.8. The maximum Gasteiger partial charge on any atom is 0.329 e. The number of nitrogens with one attached hydrogen (secondary N) is 1. The highest BCUT2D eigenvalue weighted by Gasteiger charge is 2.28. The van der Waals surface area contributed by atoms with E-state index in [1.54, 1.807) is 4.90 Å². The van der Waals surface area contributed by atoms with Crippen LogP contribution in [0, 0.1) is 0 Å². The van der Waals surface area contributed by atoms with Crippen LogP contribution >= 0.6 is 11.3 Å². The summed E-state index contributed by atoms with van der Waals surface area (Å²) in [4.78, 5) is 44.9. The summed E-state index contributed by atoms with van der Waals surface area (Å²) in [5, 5.41) is 0.641. The highest BCUT2D eigenvalue weighted by atomic mass is 32.1. The van der Waals surface area contributed by atoms with Gasteiger partial charge in [-0.1, -0.05) is 32.6 Å². The first kappa shape index (κ1) is 23.2. The number of amides is 1. The fourth-order valence-corrected chi connectivity index (χ4v) is 5.93. The van der Waals surface area contributed by atoms with E-state index in [-0.39, 0.29) is 29.8 Å². The number of nitrogens with zero attached hydrogens (tertiary/aromatic N) is 2. The number of thiophene rings is 1. The number of aromatic amines is 1. The Balaban J connectivity index is 1.43.